The highest BCUT2D eigenvalue weighted by atomic mass is 32.1. The van der Waals surface area contributed by atoms with Crippen molar-refractivity contribution in [2.45, 2.75) is 26.8 Å². The Bertz CT molecular complexity index is 517. The number of aryl methyl sites for hydroxylation is 3. The lowest BCUT2D eigenvalue weighted by atomic mass is 9.99. The van der Waals surface area contributed by atoms with Crippen LogP contribution in [0.3, 0.4) is 0 Å². The maximum absolute atomic E-state index is 5.71. The average Bonchev–Trinajstić information content (AvgIpc) is 2.71. The summed E-state index contributed by atoms with van der Waals surface area (Å²) in [6, 6.07) is 8.73. The highest BCUT2D eigenvalue weighted by Gasteiger charge is 2.16. The van der Waals surface area contributed by atoms with Gasteiger partial charge in [0.1, 0.15) is 0 Å². The maximum Gasteiger partial charge on any atom is 0.0805 e. The fourth-order valence-electron chi connectivity index (χ4n) is 1.95. The van der Waals surface area contributed by atoms with Crippen molar-refractivity contribution in [3.8, 4) is 0 Å². The highest BCUT2D eigenvalue weighted by molar-refractivity contribution is 7.10. The van der Waals surface area contributed by atoms with Gasteiger partial charge in [0, 0.05) is 4.88 Å². The number of hydrazine groups is 1. The molecule has 0 aliphatic rings. The molecule has 1 unspecified atom stereocenters. The Morgan fingerprint density at radius 3 is 2.35 bits per heavy atom. The molecule has 17 heavy (non-hydrogen) atoms. The van der Waals surface area contributed by atoms with Gasteiger partial charge in [-0.2, -0.15) is 0 Å². The van der Waals surface area contributed by atoms with E-state index < -0.39 is 0 Å². The van der Waals surface area contributed by atoms with Crippen LogP contribution in [0.15, 0.2) is 29.6 Å². The second kappa shape index (κ2) is 5.00. The molecule has 0 bridgehead atoms. The van der Waals surface area contributed by atoms with Gasteiger partial charge in [0.2, 0.25) is 0 Å². The van der Waals surface area contributed by atoms with Gasteiger partial charge in [-0.1, -0.05) is 18.2 Å². The van der Waals surface area contributed by atoms with E-state index in [4.69, 9.17) is 5.84 Å². The van der Waals surface area contributed by atoms with Crippen LogP contribution in [-0.2, 0) is 0 Å². The lowest BCUT2D eigenvalue weighted by Gasteiger charge is -2.17. The predicted molar refractivity (Wildman–Crippen MR) is 74.1 cm³/mol. The van der Waals surface area contributed by atoms with E-state index >= 15 is 0 Å². The minimum atomic E-state index is 0.0919. The van der Waals surface area contributed by atoms with E-state index in [-0.39, 0.29) is 6.04 Å². The van der Waals surface area contributed by atoms with Crippen molar-refractivity contribution in [2.75, 3.05) is 0 Å². The van der Waals surface area contributed by atoms with Crippen LogP contribution in [0.4, 0.5) is 0 Å². The molecule has 0 saturated heterocycles. The molecule has 1 aromatic heterocycles. The third-order valence-electron chi connectivity index (χ3n) is 3.19. The molecule has 0 amide bonds. The summed E-state index contributed by atoms with van der Waals surface area (Å²) < 4.78 is 0. The van der Waals surface area contributed by atoms with Crippen molar-refractivity contribution in [1.82, 2.24) is 5.43 Å². The van der Waals surface area contributed by atoms with Gasteiger partial charge in [-0.25, -0.2) is 5.43 Å². The largest absolute Gasteiger partial charge is 0.271 e. The number of hydrogen-bond donors (Lipinski definition) is 2. The SMILES string of the molecule is Cc1ccc(C(NN)c2sccc2C)cc1C. The zero-order valence-electron chi connectivity index (χ0n) is 10.4. The van der Waals surface area contributed by atoms with E-state index in [2.05, 4.69) is 55.8 Å². The van der Waals surface area contributed by atoms with Crippen molar-refractivity contribution in [2.24, 2.45) is 5.84 Å². The molecular formula is C14H18N2S. The molecule has 2 rings (SSSR count). The molecule has 0 saturated carbocycles. The summed E-state index contributed by atoms with van der Waals surface area (Å²) in [4.78, 5) is 1.29. The van der Waals surface area contributed by atoms with Crippen LogP contribution in [0.25, 0.3) is 0 Å². The molecule has 1 heterocycles. The van der Waals surface area contributed by atoms with E-state index in [1.165, 1.54) is 27.1 Å². The number of nitrogens with one attached hydrogen (secondary N) is 1. The minimum Gasteiger partial charge on any atom is -0.271 e. The zero-order valence-corrected chi connectivity index (χ0v) is 11.3. The van der Waals surface area contributed by atoms with Gasteiger partial charge in [-0.3, -0.25) is 5.84 Å². The topological polar surface area (TPSA) is 38.0 Å². The quantitative estimate of drug-likeness (QED) is 0.644. The monoisotopic (exact) mass is 246 g/mol. The van der Waals surface area contributed by atoms with Crippen LogP contribution in [0.5, 0.6) is 0 Å². The van der Waals surface area contributed by atoms with Gasteiger partial charge in [-0.05, 0) is 54.5 Å². The van der Waals surface area contributed by atoms with E-state index in [1.807, 2.05) is 0 Å². The van der Waals surface area contributed by atoms with Crippen LogP contribution >= 0.6 is 11.3 Å². The molecule has 0 fully saturated rings. The Balaban J connectivity index is 2.42. The normalized spacial score (nSPS) is 12.7. The Labute approximate surface area is 106 Å². The third-order valence-corrected chi connectivity index (χ3v) is 4.28. The molecule has 1 atom stereocenters. The molecule has 3 heteroatoms. The predicted octanol–water partition coefficient (Wildman–Crippen LogP) is 3.23. The number of hydrogen-bond acceptors (Lipinski definition) is 3. The third kappa shape index (κ3) is 2.41. The number of thiophene rings is 1. The first-order valence-electron chi connectivity index (χ1n) is 5.70. The summed E-state index contributed by atoms with van der Waals surface area (Å²) >= 11 is 1.74. The molecule has 0 aliphatic carbocycles. The molecular weight excluding hydrogens is 228 g/mol. The molecule has 90 valence electrons. The van der Waals surface area contributed by atoms with Crippen LogP contribution < -0.4 is 11.3 Å². The van der Waals surface area contributed by atoms with Crippen molar-refractivity contribution in [1.29, 1.82) is 0 Å². The van der Waals surface area contributed by atoms with Crippen LogP contribution in [0.1, 0.15) is 33.2 Å². The highest BCUT2D eigenvalue weighted by Crippen LogP contribution is 2.29. The van der Waals surface area contributed by atoms with E-state index in [0.717, 1.165) is 0 Å². The summed E-state index contributed by atoms with van der Waals surface area (Å²) in [7, 11) is 0. The van der Waals surface area contributed by atoms with Crippen LogP contribution in [-0.4, -0.2) is 0 Å². The van der Waals surface area contributed by atoms with Gasteiger partial charge in [0.15, 0.2) is 0 Å². The average molecular weight is 246 g/mol. The molecule has 3 N–H and O–H groups in total. The lowest BCUT2D eigenvalue weighted by Crippen LogP contribution is -2.28. The standard InChI is InChI=1S/C14H18N2S/c1-9-4-5-12(8-11(9)3)13(16-15)14-10(2)6-7-17-14/h4-8,13,16H,15H2,1-3H3. The molecule has 2 nitrogen and oxygen atoms in total. The molecule has 0 aliphatic heterocycles. The molecule has 0 spiro atoms. The Kier molecular flexibility index (Phi) is 3.62. The molecule has 0 radical (unpaired) electrons. The summed E-state index contributed by atoms with van der Waals surface area (Å²) in [6.07, 6.45) is 0. The van der Waals surface area contributed by atoms with E-state index in [1.54, 1.807) is 11.3 Å². The second-order valence-electron chi connectivity index (χ2n) is 4.41. The van der Waals surface area contributed by atoms with Crippen LogP contribution in [0, 0.1) is 20.8 Å². The first-order chi connectivity index (χ1) is 8.13. The first-order valence-corrected chi connectivity index (χ1v) is 6.58. The second-order valence-corrected chi connectivity index (χ2v) is 5.36. The van der Waals surface area contributed by atoms with E-state index in [9.17, 15) is 0 Å². The number of nitrogens with two attached hydrogens (primary N) is 1. The summed E-state index contributed by atoms with van der Waals surface area (Å²) in [6.45, 7) is 6.38. The molecule has 1 aromatic carbocycles. The fraction of sp³-hybridized carbons (Fsp3) is 0.286. The van der Waals surface area contributed by atoms with Gasteiger partial charge < -0.3 is 0 Å². The van der Waals surface area contributed by atoms with Crippen molar-refractivity contribution < 1.29 is 0 Å². The maximum atomic E-state index is 5.71. The lowest BCUT2D eigenvalue weighted by molar-refractivity contribution is 0.643. The first kappa shape index (κ1) is 12.3. The smallest absolute Gasteiger partial charge is 0.0805 e. The van der Waals surface area contributed by atoms with Crippen molar-refractivity contribution >= 4 is 11.3 Å². The zero-order chi connectivity index (χ0) is 12.4. The van der Waals surface area contributed by atoms with Crippen molar-refractivity contribution in [3.63, 3.8) is 0 Å². The van der Waals surface area contributed by atoms with Crippen LogP contribution in [0.2, 0.25) is 0 Å². The fourth-order valence-corrected chi connectivity index (χ4v) is 2.96. The summed E-state index contributed by atoms with van der Waals surface area (Å²) in [5.74, 6) is 5.71. The van der Waals surface area contributed by atoms with E-state index in [0.29, 0.717) is 0 Å². The Morgan fingerprint density at radius 2 is 1.82 bits per heavy atom. The van der Waals surface area contributed by atoms with Gasteiger partial charge in [0.25, 0.3) is 0 Å². The molecule has 2 aromatic rings. The number of benzene rings is 1. The summed E-state index contributed by atoms with van der Waals surface area (Å²) in [5.41, 5.74) is 8.05. The summed E-state index contributed by atoms with van der Waals surface area (Å²) in [5, 5.41) is 2.11. The van der Waals surface area contributed by atoms with Gasteiger partial charge >= 0.3 is 0 Å². The minimum absolute atomic E-state index is 0.0919. The Morgan fingerprint density at radius 1 is 1.06 bits per heavy atom. The van der Waals surface area contributed by atoms with Crippen molar-refractivity contribution in [3.05, 3.63) is 56.8 Å². The van der Waals surface area contributed by atoms with Gasteiger partial charge in [0.05, 0.1) is 6.04 Å². The number of rotatable bonds is 3. The van der Waals surface area contributed by atoms with Gasteiger partial charge in [-0.15, -0.1) is 11.3 Å². The Hall–Kier alpha value is -1.16.